The van der Waals surface area contributed by atoms with Crippen molar-refractivity contribution in [2.45, 2.75) is 19.4 Å². The first-order valence-corrected chi connectivity index (χ1v) is 6.72. The molecule has 0 aliphatic rings. The van der Waals surface area contributed by atoms with Crippen molar-refractivity contribution in [3.8, 4) is 5.75 Å². The van der Waals surface area contributed by atoms with E-state index in [0.717, 1.165) is 38.3 Å². The highest BCUT2D eigenvalue weighted by Gasteiger charge is 1.93. The fourth-order valence-corrected chi connectivity index (χ4v) is 1.79. The Morgan fingerprint density at radius 1 is 0.947 bits per heavy atom. The number of hydrogen-bond acceptors (Lipinski definition) is 3. The summed E-state index contributed by atoms with van der Waals surface area (Å²) in [6.07, 6.45) is 5.84. The number of pyridine rings is 1. The summed E-state index contributed by atoms with van der Waals surface area (Å²) in [5, 5.41) is 3.42. The van der Waals surface area contributed by atoms with Crippen molar-refractivity contribution in [3.05, 3.63) is 60.4 Å². The maximum absolute atomic E-state index is 5.63. The summed E-state index contributed by atoms with van der Waals surface area (Å²) in [5.74, 6) is 0.951. The van der Waals surface area contributed by atoms with Gasteiger partial charge in [-0.25, -0.2) is 0 Å². The molecule has 0 radical (unpaired) electrons. The molecule has 3 nitrogen and oxygen atoms in total. The lowest BCUT2D eigenvalue weighted by molar-refractivity contribution is 0.306. The summed E-state index contributed by atoms with van der Waals surface area (Å²) >= 11 is 0. The van der Waals surface area contributed by atoms with Crippen LogP contribution in [-0.2, 0) is 6.54 Å². The Morgan fingerprint density at radius 3 is 2.53 bits per heavy atom. The molecule has 0 amide bonds. The fourth-order valence-electron chi connectivity index (χ4n) is 1.79. The number of rotatable bonds is 8. The lowest BCUT2D eigenvalue weighted by atomic mass is 10.2. The first kappa shape index (κ1) is 13.6. The number of aromatic nitrogens is 1. The summed E-state index contributed by atoms with van der Waals surface area (Å²) in [4.78, 5) is 4.00. The molecular weight excluding hydrogens is 236 g/mol. The van der Waals surface area contributed by atoms with Gasteiger partial charge in [0.15, 0.2) is 0 Å². The van der Waals surface area contributed by atoms with Crippen molar-refractivity contribution in [1.29, 1.82) is 0 Å². The quantitative estimate of drug-likeness (QED) is 0.737. The zero-order chi connectivity index (χ0) is 13.2. The second-order valence-electron chi connectivity index (χ2n) is 4.40. The molecule has 2 rings (SSSR count). The van der Waals surface area contributed by atoms with Crippen LogP contribution in [0.3, 0.4) is 0 Å². The van der Waals surface area contributed by atoms with Crippen LogP contribution >= 0.6 is 0 Å². The van der Waals surface area contributed by atoms with Gasteiger partial charge in [-0.2, -0.15) is 0 Å². The van der Waals surface area contributed by atoms with E-state index in [1.807, 2.05) is 54.9 Å². The summed E-state index contributed by atoms with van der Waals surface area (Å²) in [5.41, 5.74) is 1.27. The van der Waals surface area contributed by atoms with E-state index in [2.05, 4.69) is 10.3 Å². The van der Waals surface area contributed by atoms with E-state index in [4.69, 9.17) is 4.74 Å². The van der Waals surface area contributed by atoms with E-state index >= 15 is 0 Å². The number of unbranched alkanes of at least 4 members (excludes halogenated alkanes) is 1. The molecule has 1 aromatic carbocycles. The highest BCUT2D eigenvalue weighted by atomic mass is 16.5. The summed E-state index contributed by atoms with van der Waals surface area (Å²) in [6.45, 7) is 2.70. The molecule has 1 heterocycles. The zero-order valence-electron chi connectivity index (χ0n) is 11.1. The molecule has 1 aromatic heterocycles. The van der Waals surface area contributed by atoms with Crippen LogP contribution < -0.4 is 10.1 Å². The molecule has 0 unspecified atom stereocenters. The third-order valence-electron chi connectivity index (χ3n) is 2.84. The van der Waals surface area contributed by atoms with Crippen LogP contribution in [0, 0.1) is 0 Å². The van der Waals surface area contributed by atoms with Gasteiger partial charge in [0, 0.05) is 18.9 Å². The molecule has 19 heavy (non-hydrogen) atoms. The van der Waals surface area contributed by atoms with Gasteiger partial charge in [-0.05, 0) is 49.2 Å². The predicted octanol–water partition coefficient (Wildman–Crippen LogP) is 3.03. The van der Waals surface area contributed by atoms with Crippen LogP contribution in [0.5, 0.6) is 5.75 Å². The molecule has 0 aliphatic carbocycles. The van der Waals surface area contributed by atoms with Crippen LogP contribution in [0.4, 0.5) is 0 Å². The third kappa shape index (κ3) is 5.53. The van der Waals surface area contributed by atoms with Gasteiger partial charge < -0.3 is 10.1 Å². The molecule has 3 heteroatoms. The second kappa shape index (κ2) is 8.27. The molecule has 1 N–H and O–H groups in total. The number of hydrogen-bond donors (Lipinski definition) is 1. The summed E-state index contributed by atoms with van der Waals surface area (Å²) in [7, 11) is 0. The van der Waals surface area contributed by atoms with Crippen molar-refractivity contribution in [1.82, 2.24) is 10.3 Å². The molecule has 0 fully saturated rings. The highest BCUT2D eigenvalue weighted by molar-refractivity contribution is 5.20. The minimum Gasteiger partial charge on any atom is -0.494 e. The van der Waals surface area contributed by atoms with Crippen LogP contribution in [-0.4, -0.2) is 18.1 Å². The van der Waals surface area contributed by atoms with E-state index < -0.39 is 0 Å². The zero-order valence-corrected chi connectivity index (χ0v) is 11.1. The Kier molecular flexibility index (Phi) is 5.90. The van der Waals surface area contributed by atoms with Gasteiger partial charge in [0.1, 0.15) is 5.75 Å². The average molecular weight is 256 g/mol. The molecule has 0 atom stereocenters. The Bertz CT molecular complexity index is 401. The molecule has 0 spiro atoms. The second-order valence-corrected chi connectivity index (χ2v) is 4.40. The number of benzene rings is 1. The first-order valence-electron chi connectivity index (χ1n) is 6.72. The number of nitrogens with one attached hydrogen (secondary N) is 1. The number of ether oxygens (including phenoxy) is 1. The van der Waals surface area contributed by atoms with E-state index in [1.165, 1.54) is 5.56 Å². The fraction of sp³-hybridized carbons (Fsp3) is 0.312. The maximum Gasteiger partial charge on any atom is 0.119 e. The Balaban J connectivity index is 1.49. The molecule has 0 saturated carbocycles. The minimum atomic E-state index is 0.779. The monoisotopic (exact) mass is 256 g/mol. The molecule has 0 bridgehead atoms. The van der Waals surface area contributed by atoms with Crippen molar-refractivity contribution < 1.29 is 4.74 Å². The third-order valence-corrected chi connectivity index (χ3v) is 2.84. The maximum atomic E-state index is 5.63. The van der Waals surface area contributed by atoms with Crippen molar-refractivity contribution in [2.75, 3.05) is 13.2 Å². The molecule has 0 aliphatic heterocycles. The Morgan fingerprint density at radius 2 is 1.74 bits per heavy atom. The van der Waals surface area contributed by atoms with E-state index in [9.17, 15) is 0 Å². The Hall–Kier alpha value is -1.87. The van der Waals surface area contributed by atoms with Gasteiger partial charge in [-0.15, -0.1) is 0 Å². The van der Waals surface area contributed by atoms with Gasteiger partial charge in [0.25, 0.3) is 0 Å². The van der Waals surface area contributed by atoms with Crippen molar-refractivity contribution in [2.24, 2.45) is 0 Å². The SMILES string of the molecule is c1ccc(OCCCCNCc2ccncc2)cc1. The van der Waals surface area contributed by atoms with Gasteiger partial charge >= 0.3 is 0 Å². The average Bonchev–Trinajstić information content (AvgIpc) is 2.48. The minimum absolute atomic E-state index is 0.779. The van der Waals surface area contributed by atoms with Crippen LogP contribution in [0.1, 0.15) is 18.4 Å². The lowest BCUT2D eigenvalue weighted by Gasteiger charge is -2.07. The number of nitrogens with zero attached hydrogens (tertiary/aromatic N) is 1. The van der Waals surface area contributed by atoms with E-state index in [1.54, 1.807) is 0 Å². The lowest BCUT2D eigenvalue weighted by Crippen LogP contribution is -2.15. The van der Waals surface area contributed by atoms with Gasteiger partial charge in [-0.1, -0.05) is 18.2 Å². The highest BCUT2D eigenvalue weighted by Crippen LogP contribution is 2.08. The normalized spacial score (nSPS) is 10.3. The van der Waals surface area contributed by atoms with Crippen LogP contribution in [0.2, 0.25) is 0 Å². The molecule has 0 saturated heterocycles. The predicted molar refractivity (Wildman–Crippen MR) is 77.1 cm³/mol. The van der Waals surface area contributed by atoms with Gasteiger partial charge in [0.2, 0.25) is 0 Å². The van der Waals surface area contributed by atoms with Crippen LogP contribution in [0.25, 0.3) is 0 Å². The molecule has 100 valence electrons. The smallest absolute Gasteiger partial charge is 0.119 e. The molecular formula is C16H20N2O. The molecule has 2 aromatic rings. The standard InChI is InChI=1S/C16H20N2O/c1-2-6-16(7-3-1)19-13-5-4-10-18-14-15-8-11-17-12-9-15/h1-3,6-9,11-12,18H,4-5,10,13-14H2. The summed E-state index contributed by atoms with van der Waals surface area (Å²) < 4.78 is 5.63. The largest absolute Gasteiger partial charge is 0.494 e. The van der Waals surface area contributed by atoms with Crippen molar-refractivity contribution >= 4 is 0 Å². The first-order chi connectivity index (χ1) is 9.45. The number of para-hydroxylation sites is 1. The van der Waals surface area contributed by atoms with Crippen LogP contribution in [0.15, 0.2) is 54.9 Å². The Labute approximate surface area is 114 Å². The topological polar surface area (TPSA) is 34.1 Å². The van der Waals surface area contributed by atoms with Gasteiger partial charge in [0.05, 0.1) is 6.61 Å². The summed E-state index contributed by atoms with van der Waals surface area (Å²) in [6, 6.07) is 14.0. The van der Waals surface area contributed by atoms with E-state index in [-0.39, 0.29) is 0 Å². The van der Waals surface area contributed by atoms with Gasteiger partial charge in [-0.3, -0.25) is 4.98 Å². The van der Waals surface area contributed by atoms with Crippen molar-refractivity contribution in [3.63, 3.8) is 0 Å². The van der Waals surface area contributed by atoms with E-state index in [0.29, 0.717) is 0 Å².